The second kappa shape index (κ2) is 5.14. The van der Waals surface area contributed by atoms with Crippen molar-refractivity contribution in [3.63, 3.8) is 0 Å². The third kappa shape index (κ3) is 2.12. The van der Waals surface area contributed by atoms with E-state index in [-0.39, 0.29) is 16.7 Å². The summed E-state index contributed by atoms with van der Waals surface area (Å²) in [6.45, 7) is 0. The Kier molecular flexibility index (Phi) is 3.34. The largest absolute Gasteiger partial charge is 0.508 e. The van der Waals surface area contributed by atoms with E-state index in [2.05, 4.69) is 0 Å². The van der Waals surface area contributed by atoms with Gasteiger partial charge in [0.05, 0.1) is 17.6 Å². The van der Waals surface area contributed by atoms with E-state index in [1.165, 1.54) is 0 Å². The fourth-order valence-electron chi connectivity index (χ4n) is 2.88. The fourth-order valence-corrected chi connectivity index (χ4v) is 2.88. The van der Waals surface area contributed by atoms with Gasteiger partial charge in [-0.05, 0) is 0 Å². The predicted octanol–water partition coefficient (Wildman–Crippen LogP) is 0.594. The molecule has 0 saturated heterocycles. The summed E-state index contributed by atoms with van der Waals surface area (Å²) in [5.74, 6) is -5.73. The molecule has 0 bridgehead atoms. The van der Waals surface area contributed by atoms with Crippen LogP contribution in [-0.4, -0.2) is 48.3 Å². The van der Waals surface area contributed by atoms with Gasteiger partial charge < -0.3 is 30.6 Å². The van der Waals surface area contributed by atoms with Crippen LogP contribution < -0.4 is 0 Å². The lowest BCUT2D eigenvalue weighted by atomic mass is 9.68. The third-order valence-corrected chi connectivity index (χ3v) is 3.93. The Hall–Kier alpha value is -3.26. The second-order valence-electron chi connectivity index (χ2n) is 5.43. The summed E-state index contributed by atoms with van der Waals surface area (Å²) >= 11 is 0. The van der Waals surface area contributed by atoms with Crippen molar-refractivity contribution in [1.82, 2.24) is 0 Å². The maximum atomic E-state index is 12.4. The summed E-state index contributed by atoms with van der Waals surface area (Å²) in [6, 6.07) is 1.79. The average Bonchev–Trinajstić information content (AvgIpc) is 2.46. The summed E-state index contributed by atoms with van der Waals surface area (Å²) in [6.07, 6.45) is 0.0172. The van der Waals surface area contributed by atoms with Gasteiger partial charge in [0.15, 0.2) is 11.6 Å². The summed E-state index contributed by atoms with van der Waals surface area (Å²) < 4.78 is 0. The molecule has 1 aromatic rings. The van der Waals surface area contributed by atoms with Crippen molar-refractivity contribution in [2.24, 2.45) is 0 Å². The molecule has 0 amide bonds. The highest BCUT2D eigenvalue weighted by atomic mass is 16.3. The average molecular weight is 332 g/mol. The smallest absolute Gasteiger partial charge is 0.186 e. The summed E-state index contributed by atoms with van der Waals surface area (Å²) in [4.78, 5) is 23.6. The number of phenolic OH excluding ortho intramolecular Hbond substituents is 3. The topological polar surface area (TPSA) is 156 Å². The highest BCUT2D eigenvalue weighted by Crippen LogP contribution is 2.49. The Morgan fingerprint density at radius 3 is 1.79 bits per heavy atom. The van der Waals surface area contributed by atoms with Gasteiger partial charge >= 0.3 is 0 Å². The molecule has 0 heterocycles. The second-order valence-corrected chi connectivity index (χ2v) is 5.43. The molecule has 1 aromatic carbocycles. The van der Waals surface area contributed by atoms with Crippen LogP contribution in [0.3, 0.4) is 0 Å². The van der Waals surface area contributed by atoms with Crippen LogP contribution in [0.2, 0.25) is 0 Å². The van der Waals surface area contributed by atoms with Gasteiger partial charge in [-0.25, -0.2) is 0 Å². The van der Waals surface area contributed by atoms with E-state index in [1.807, 2.05) is 0 Å². The molecule has 0 aromatic heterocycles. The molecule has 0 unspecified atom stereocenters. The number of aliphatic hydroxyl groups excluding tert-OH is 3. The molecule has 2 aliphatic rings. The van der Waals surface area contributed by atoms with Gasteiger partial charge in [0, 0.05) is 35.4 Å². The fraction of sp³-hybridized carbons (Fsp3) is 0.125. The summed E-state index contributed by atoms with van der Waals surface area (Å²) in [5, 5.41) is 58.7. The third-order valence-electron chi connectivity index (χ3n) is 3.93. The van der Waals surface area contributed by atoms with Crippen LogP contribution >= 0.6 is 0 Å². The minimum atomic E-state index is -1.55. The van der Waals surface area contributed by atoms with Crippen LogP contribution in [0.4, 0.5) is 0 Å². The van der Waals surface area contributed by atoms with Gasteiger partial charge in [-0.2, -0.15) is 0 Å². The van der Waals surface area contributed by atoms with Crippen LogP contribution in [0, 0.1) is 0 Å². The van der Waals surface area contributed by atoms with Crippen molar-refractivity contribution < 1.29 is 40.2 Å². The maximum Gasteiger partial charge on any atom is 0.186 e. The molecule has 24 heavy (non-hydrogen) atoms. The first-order valence-corrected chi connectivity index (χ1v) is 6.79. The number of carbonyl (C=O) groups excluding carboxylic acids is 2. The van der Waals surface area contributed by atoms with Crippen molar-refractivity contribution in [2.75, 3.05) is 0 Å². The van der Waals surface area contributed by atoms with Gasteiger partial charge in [-0.15, -0.1) is 0 Å². The van der Waals surface area contributed by atoms with Crippen LogP contribution in [-0.2, 0) is 9.59 Å². The number of ketones is 2. The number of rotatable bonds is 1. The lowest BCUT2D eigenvalue weighted by molar-refractivity contribution is -0.126. The molecule has 8 heteroatoms. The van der Waals surface area contributed by atoms with Crippen molar-refractivity contribution in [3.8, 4) is 17.2 Å². The molecule has 8 nitrogen and oxygen atoms in total. The Bertz CT molecular complexity index is 827. The van der Waals surface area contributed by atoms with Crippen molar-refractivity contribution in [3.05, 3.63) is 52.5 Å². The van der Waals surface area contributed by atoms with Crippen molar-refractivity contribution >= 4 is 11.6 Å². The molecule has 6 N–H and O–H groups in total. The van der Waals surface area contributed by atoms with Gasteiger partial charge in [0.2, 0.25) is 0 Å². The quantitative estimate of drug-likeness (QED) is 0.408. The lowest BCUT2D eigenvalue weighted by Gasteiger charge is -2.36. The number of aliphatic hydroxyl groups is 3. The first-order chi connectivity index (χ1) is 11.2. The molecule has 124 valence electrons. The maximum absolute atomic E-state index is 12.4. The number of aromatic hydroxyl groups is 3. The van der Waals surface area contributed by atoms with Gasteiger partial charge in [0.1, 0.15) is 28.8 Å². The molecule has 0 aliphatic heterocycles. The molecule has 1 saturated carbocycles. The zero-order chi connectivity index (χ0) is 17.8. The van der Waals surface area contributed by atoms with E-state index in [9.17, 15) is 40.2 Å². The molecule has 0 radical (unpaired) electrons. The Labute approximate surface area is 134 Å². The number of phenols is 3. The van der Waals surface area contributed by atoms with Gasteiger partial charge in [0.25, 0.3) is 0 Å². The van der Waals surface area contributed by atoms with E-state index >= 15 is 0 Å². The van der Waals surface area contributed by atoms with Crippen molar-refractivity contribution in [1.29, 1.82) is 0 Å². The number of carbonyl (C=O) groups is 2. The monoisotopic (exact) mass is 332 g/mol. The summed E-state index contributed by atoms with van der Waals surface area (Å²) in [7, 11) is 0. The Morgan fingerprint density at radius 1 is 0.833 bits per heavy atom. The molecule has 2 aliphatic carbocycles. The predicted molar refractivity (Wildman–Crippen MR) is 78.6 cm³/mol. The summed E-state index contributed by atoms with van der Waals surface area (Å²) in [5.41, 5.74) is -1.00. The highest BCUT2D eigenvalue weighted by molar-refractivity contribution is 6.13. The van der Waals surface area contributed by atoms with E-state index < -0.39 is 52.4 Å². The molecule has 1 fully saturated rings. The minimum Gasteiger partial charge on any atom is -0.508 e. The standard InChI is InChI=1S/C16H12O8/c17-5-1-7(19)11(8(20)2-5)13-15(23)14(16(13)24)12-9(21)3-6(18)4-10(12)22/h1-4,13,15,17,19-23H/t13-,15-/m1/s1. The molecular formula is C16H12O8. The van der Waals surface area contributed by atoms with Crippen molar-refractivity contribution in [2.45, 2.75) is 12.0 Å². The molecule has 3 rings (SSSR count). The van der Waals surface area contributed by atoms with E-state index in [0.29, 0.717) is 0 Å². The lowest BCUT2D eigenvalue weighted by Crippen LogP contribution is -2.44. The highest BCUT2D eigenvalue weighted by Gasteiger charge is 2.50. The van der Waals surface area contributed by atoms with E-state index in [0.717, 1.165) is 24.3 Å². The SMILES string of the molecule is O=C1C=C(O)C(=C2C(=O)[C@H](c3c(O)cc(O)cc3O)[C@H]2O)C(O)=C1. The number of Topliss-reactive ketones (excluding diaryl/α,β-unsaturated/α-hetero) is 1. The first kappa shape index (κ1) is 15.6. The van der Waals surface area contributed by atoms with E-state index in [4.69, 9.17) is 0 Å². The zero-order valence-corrected chi connectivity index (χ0v) is 12.0. The molecule has 2 atom stereocenters. The number of benzene rings is 1. The first-order valence-electron chi connectivity index (χ1n) is 6.79. The van der Waals surface area contributed by atoms with Gasteiger partial charge in [-0.3, -0.25) is 9.59 Å². The van der Waals surface area contributed by atoms with Gasteiger partial charge in [-0.1, -0.05) is 0 Å². The molecule has 0 spiro atoms. The minimum absolute atomic E-state index is 0.284. The Balaban J connectivity index is 2.07. The normalized spacial score (nSPS) is 23.7. The number of allylic oxidation sites excluding steroid dienone is 2. The van der Waals surface area contributed by atoms with Crippen LogP contribution in [0.1, 0.15) is 11.5 Å². The van der Waals surface area contributed by atoms with Crippen LogP contribution in [0.15, 0.2) is 46.9 Å². The zero-order valence-electron chi connectivity index (χ0n) is 12.0. The molecular weight excluding hydrogens is 320 g/mol. The Morgan fingerprint density at radius 2 is 1.33 bits per heavy atom. The van der Waals surface area contributed by atoms with Crippen LogP contribution in [0.25, 0.3) is 0 Å². The number of hydrogen-bond donors (Lipinski definition) is 6. The van der Waals surface area contributed by atoms with E-state index in [1.54, 1.807) is 0 Å². The van der Waals surface area contributed by atoms with Crippen LogP contribution in [0.5, 0.6) is 17.2 Å². The number of hydrogen-bond acceptors (Lipinski definition) is 8.